The average Bonchev–Trinajstić information content (AvgIpc) is 2.56. The van der Waals surface area contributed by atoms with Gasteiger partial charge in [-0.2, -0.15) is 5.26 Å². The second-order valence-electron chi connectivity index (χ2n) is 6.88. The number of nitriles is 1. The largest absolute Gasteiger partial charge is 0.394 e. The number of hydrogen-bond donors (Lipinski definition) is 3. The first-order chi connectivity index (χ1) is 8.57. The van der Waals surface area contributed by atoms with Crippen LogP contribution in [0, 0.1) is 11.3 Å². The second kappa shape index (κ2) is 5.50. The Morgan fingerprint density at radius 2 is 1.79 bits per heavy atom. The third-order valence-electron chi connectivity index (χ3n) is 4.76. The maximum Gasteiger partial charge on any atom is 0.111 e. The van der Waals surface area contributed by atoms with Crippen molar-refractivity contribution in [1.82, 2.24) is 0 Å². The van der Waals surface area contributed by atoms with Crippen molar-refractivity contribution in [2.24, 2.45) is 0 Å². The van der Waals surface area contributed by atoms with Gasteiger partial charge in [0.2, 0.25) is 0 Å². The summed E-state index contributed by atoms with van der Waals surface area (Å²) in [6, 6.07) is 2.27. The zero-order valence-corrected chi connectivity index (χ0v) is 13.3. The maximum atomic E-state index is 10.1. The molecule has 0 radical (unpaired) electrons. The van der Waals surface area contributed by atoms with Crippen molar-refractivity contribution in [1.29, 1.82) is 5.26 Å². The number of rotatable bonds is 3. The highest BCUT2D eigenvalue weighted by Gasteiger charge is 2.53. The minimum atomic E-state index is -2.05. The van der Waals surface area contributed by atoms with Gasteiger partial charge in [-0.1, -0.05) is 33.9 Å². The zero-order valence-electron chi connectivity index (χ0n) is 12.3. The fourth-order valence-corrected chi connectivity index (χ4v) is 4.67. The second-order valence-corrected chi connectivity index (χ2v) is 12.4. The summed E-state index contributed by atoms with van der Waals surface area (Å²) >= 11 is 0. The molecule has 3 N–H and O–H groups in total. The van der Waals surface area contributed by atoms with Crippen LogP contribution in [0.15, 0.2) is 0 Å². The molecule has 0 bridgehead atoms. The number of ether oxygens (including phenoxy) is 1. The van der Waals surface area contributed by atoms with E-state index in [0.29, 0.717) is 0 Å². The van der Waals surface area contributed by atoms with Gasteiger partial charge < -0.3 is 20.1 Å². The molecule has 1 rings (SSSR count). The van der Waals surface area contributed by atoms with E-state index in [1.165, 1.54) is 0 Å². The van der Waals surface area contributed by atoms with Gasteiger partial charge in [0.25, 0.3) is 0 Å². The molecule has 110 valence electrons. The summed E-state index contributed by atoms with van der Waals surface area (Å²) in [6.07, 6.45) is -3.77. The number of hydrogen-bond acceptors (Lipinski definition) is 5. The summed E-state index contributed by atoms with van der Waals surface area (Å²) in [5.41, 5.74) is -0.436. The van der Waals surface area contributed by atoms with E-state index in [0.717, 1.165) is 0 Å². The summed E-state index contributed by atoms with van der Waals surface area (Å²) < 4.78 is 5.53. The Balaban J connectivity index is 3.04. The van der Waals surface area contributed by atoms with Crippen LogP contribution in [-0.2, 0) is 4.74 Å². The van der Waals surface area contributed by atoms with Crippen molar-refractivity contribution in [2.45, 2.75) is 68.9 Å². The molecule has 19 heavy (non-hydrogen) atoms. The molecule has 5 atom stereocenters. The topological polar surface area (TPSA) is 93.7 Å². The van der Waals surface area contributed by atoms with Crippen LogP contribution < -0.4 is 0 Å². The first-order valence-electron chi connectivity index (χ1n) is 6.60. The van der Waals surface area contributed by atoms with Gasteiger partial charge in [-0.25, -0.2) is 0 Å². The van der Waals surface area contributed by atoms with Crippen molar-refractivity contribution >= 4 is 8.07 Å². The maximum absolute atomic E-state index is 10.1. The quantitative estimate of drug-likeness (QED) is 0.670. The van der Waals surface area contributed by atoms with E-state index >= 15 is 0 Å². The Kier molecular flexibility index (Phi) is 4.81. The predicted octanol–water partition coefficient (Wildman–Crippen LogP) is 0.870. The number of nitrogens with zero attached hydrogens (tertiary/aromatic N) is 1. The first-order valence-corrected chi connectivity index (χ1v) is 9.67. The highest BCUT2D eigenvalue weighted by Crippen LogP contribution is 2.47. The monoisotopic (exact) mass is 287 g/mol. The lowest BCUT2D eigenvalue weighted by Crippen LogP contribution is -2.49. The molecule has 0 spiro atoms. The Morgan fingerprint density at radius 3 is 2.11 bits per heavy atom. The fraction of sp³-hybridized carbons (Fsp3) is 0.923. The van der Waals surface area contributed by atoms with Gasteiger partial charge in [0.1, 0.15) is 18.3 Å². The van der Waals surface area contributed by atoms with Crippen molar-refractivity contribution in [3.8, 4) is 6.07 Å². The molecular weight excluding hydrogens is 262 g/mol. The van der Waals surface area contributed by atoms with E-state index in [4.69, 9.17) is 9.84 Å². The third-order valence-corrected chi connectivity index (χ3v) is 10.6. The van der Waals surface area contributed by atoms with Gasteiger partial charge >= 0.3 is 0 Å². The highest BCUT2D eigenvalue weighted by molar-refractivity contribution is 6.82. The van der Waals surface area contributed by atoms with E-state index in [-0.39, 0.29) is 11.6 Å². The van der Waals surface area contributed by atoms with E-state index < -0.39 is 38.0 Å². The Hall–Kier alpha value is -0.453. The molecule has 1 unspecified atom stereocenters. The fourth-order valence-electron chi connectivity index (χ4n) is 2.32. The smallest absolute Gasteiger partial charge is 0.111 e. The van der Waals surface area contributed by atoms with Crippen LogP contribution >= 0.6 is 0 Å². The standard InChI is InChI=1S/C13H25NO4Si/c1-13(2,3)19(4,5)9(6-14)12-11(17)10(16)8(7-15)18-12/h8-12,15-17H,7H2,1-5H3/t8-,9?,10-,11-,12-/m1/s1. The van der Waals surface area contributed by atoms with E-state index in [1.54, 1.807) is 0 Å². The van der Waals surface area contributed by atoms with Crippen LogP contribution in [0.2, 0.25) is 23.7 Å². The van der Waals surface area contributed by atoms with Crippen LogP contribution in [0.3, 0.4) is 0 Å². The van der Waals surface area contributed by atoms with Crippen LogP contribution in [0.1, 0.15) is 20.8 Å². The van der Waals surface area contributed by atoms with Crippen molar-refractivity contribution in [3.63, 3.8) is 0 Å². The summed E-state index contributed by atoms with van der Waals surface area (Å²) in [7, 11) is -2.05. The van der Waals surface area contributed by atoms with E-state index in [1.807, 2.05) is 0 Å². The van der Waals surface area contributed by atoms with Gasteiger partial charge in [0.15, 0.2) is 0 Å². The Morgan fingerprint density at radius 1 is 1.26 bits per heavy atom. The lowest BCUT2D eigenvalue weighted by molar-refractivity contribution is -0.0210. The minimum Gasteiger partial charge on any atom is -0.394 e. The Bertz CT molecular complexity index is 361. The SMILES string of the molecule is CC(C)(C)[Si](C)(C)C(C#N)[C@H]1O[C@H](CO)[C@@H](O)[C@H]1O. The minimum absolute atomic E-state index is 0.0290. The molecule has 0 aromatic rings. The summed E-state index contributed by atoms with van der Waals surface area (Å²) in [4.78, 5) is 0. The number of aliphatic hydroxyl groups excluding tert-OH is 3. The van der Waals surface area contributed by atoms with Gasteiger partial charge in [-0.15, -0.1) is 0 Å². The van der Waals surface area contributed by atoms with Crippen molar-refractivity contribution < 1.29 is 20.1 Å². The normalized spacial score (nSPS) is 34.1. The summed E-state index contributed by atoms with van der Waals surface area (Å²) in [5, 5.41) is 38.5. The molecule has 1 heterocycles. The first kappa shape index (κ1) is 16.6. The zero-order chi connectivity index (χ0) is 15.0. The van der Waals surface area contributed by atoms with Crippen molar-refractivity contribution in [3.05, 3.63) is 0 Å². The molecule has 6 heteroatoms. The van der Waals surface area contributed by atoms with Crippen molar-refractivity contribution in [2.75, 3.05) is 6.61 Å². The molecule has 1 saturated heterocycles. The molecule has 1 aliphatic heterocycles. The molecule has 1 aliphatic rings. The molecule has 0 aromatic carbocycles. The van der Waals surface area contributed by atoms with Gasteiger partial charge in [-0.3, -0.25) is 0 Å². The average molecular weight is 287 g/mol. The van der Waals surface area contributed by atoms with Crippen LogP contribution in [-0.4, -0.2) is 54.4 Å². The highest BCUT2D eigenvalue weighted by atomic mass is 28.3. The molecule has 1 fully saturated rings. The summed E-state index contributed by atoms with van der Waals surface area (Å²) in [5.74, 6) is 0. The predicted molar refractivity (Wildman–Crippen MR) is 74.3 cm³/mol. The van der Waals surface area contributed by atoms with Gasteiger partial charge in [-0.05, 0) is 5.04 Å². The molecule has 0 aliphatic carbocycles. The van der Waals surface area contributed by atoms with Crippen LogP contribution in [0.4, 0.5) is 0 Å². The van der Waals surface area contributed by atoms with Crippen LogP contribution in [0.25, 0.3) is 0 Å². The summed E-state index contributed by atoms with van der Waals surface area (Å²) in [6.45, 7) is 10.1. The lowest BCUT2D eigenvalue weighted by atomic mass is 10.1. The third kappa shape index (κ3) is 2.85. The van der Waals surface area contributed by atoms with Gasteiger partial charge in [0, 0.05) is 0 Å². The van der Waals surface area contributed by atoms with Gasteiger partial charge in [0.05, 0.1) is 32.4 Å². The number of aliphatic hydroxyl groups is 3. The van der Waals surface area contributed by atoms with E-state index in [9.17, 15) is 15.5 Å². The van der Waals surface area contributed by atoms with E-state index in [2.05, 4.69) is 39.9 Å². The Labute approximate surface area is 115 Å². The molecular formula is C13H25NO4Si. The molecule has 0 saturated carbocycles. The lowest BCUT2D eigenvalue weighted by Gasteiger charge is -2.42. The molecule has 5 nitrogen and oxygen atoms in total. The molecule has 0 aromatic heterocycles. The molecule has 0 amide bonds. The van der Waals surface area contributed by atoms with Crippen LogP contribution in [0.5, 0.6) is 0 Å².